The normalized spacial score (nSPS) is 39.6. The second-order valence-electron chi connectivity index (χ2n) is 9.57. The van der Waals surface area contributed by atoms with E-state index in [0.717, 1.165) is 41.9 Å². The Balaban J connectivity index is 1.57. The van der Waals surface area contributed by atoms with E-state index in [2.05, 4.69) is 38.1 Å². The molecule has 0 N–H and O–H groups in total. The maximum Gasteiger partial charge on any atom is 0.169 e. The van der Waals surface area contributed by atoms with Gasteiger partial charge in [0.15, 0.2) is 5.78 Å². The van der Waals surface area contributed by atoms with Crippen molar-refractivity contribution < 1.29 is 9.59 Å². The van der Waals surface area contributed by atoms with Crippen LogP contribution in [-0.4, -0.2) is 11.6 Å². The van der Waals surface area contributed by atoms with E-state index in [1.807, 2.05) is 18.2 Å². The Kier molecular flexibility index (Phi) is 4.24. The van der Waals surface area contributed by atoms with Crippen molar-refractivity contribution in [1.82, 2.24) is 0 Å². The maximum absolute atomic E-state index is 12.9. The summed E-state index contributed by atoms with van der Waals surface area (Å²) in [6, 6.07) is 10.3. The van der Waals surface area contributed by atoms with Gasteiger partial charge in [0.1, 0.15) is 5.78 Å². The summed E-state index contributed by atoms with van der Waals surface area (Å²) in [6.07, 6.45) is 10.1. The lowest BCUT2D eigenvalue weighted by Crippen LogP contribution is -2.49. The minimum Gasteiger partial charge on any atom is -0.299 e. The van der Waals surface area contributed by atoms with E-state index in [9.17, 15) is 9.59 Å². The molecule has 2 saturated carbocycles. The van der Waals surface area contributed by atoms with Gasteiger partial charge in [-0.15, -0.1) is 0 Å². The molecule has 5 rings (SSSR count). The van der Waals surface area contributed by atoms with E-state index < -0.39 is 0 Å². The third-order valence-corrected chi connectivity index (χ3v) is 9.45. The molecular formula is C25H28O2S. The van der Waals surface area contributed by atoms with Gasteiger partial charge in [0.2, 0.25) is 0 Å². The molecule has 0 amide bonds. The second-order valence-corrected chi connectivity index (χ2v) is 10.6. The summed E-state index contributed by atoms with van der Waals surface area (Å²) in [7, 11) is 0. The van der Waals surface area contributed by atoms with Crippen molar-refractivity contribution >= 4 is 23.3 Å². The number of allylic oxidation sites excluding steroid dienone is 4. The smallest absolute Gasteiger partial charge is 0.169 e. The summed E-state index contributed by atoms with van der Waals surface area (Å²) in [5.74, 6) is 2.29. The van der Waals surface area contributed by atoms with Crippen LogP contribution in [0.25, 0.3) is 0 Å². The molecule has 0 aliphatic heterocycles. The molecule has 3 unspecified atom stereocenters. The van der Waals surface area contributed by atoms with Gasteiger partial charge in [-0.3, -0.25) is 9.59 Å². The number of hydrogen-bond acceptors (Lipinski definition) is 3. The molecule has 2 fully saturated rings. The molecule has 0 spiro atoms. The van der Waals surface area contributed by atoms with Crippen LogP contribution in [-0.2, 0) is 9.59 Å². The Bertz CT molecular complexity index is 898. The molecule has 146 valence electrons. The first-order valence-electron chi connectivity index (χ1n) is 10.7. The van der Waals surface area contributed by atoms with E-state index in [1.54, 1.807) is 11.8 Å². The molecule has 1 aromatic rings. The molecule has 4 aliphatic rings. The first-order chi connectivity index (χ1) is 13.4. The van der Waals surface area contributed by atoms with E-state index in [-0.39, 0.29) is 10.8 Å². The quantitative estimate of drug-likeness (QED) is 0.620. The van der Waals surface area contributed by atoms with E-state index in [1.165, 1.54) is 5.57 Å². The van der Waals surface area contributed by atoms with Crippen molar-refractivity contribution in [2.45, 2.75) is 57.3 Å². The Morgan fingerprint density at radius 1 is 0.929 bits per heavy atom. The van der Waals surface area contributed by atoms with Crippen molar-refractivity contribution in [3.05, 3.63) is 53.0 Å². The average molecular weight is 393 g/mol. The van der Waals surface area contributed by atoms with Crippen LogP contribution in [0.4, 0.5) is 0 Å². The van der Waals surface area contributed by atoms with Crippen molar-refractivity contribution in [2.75, 3.05) is 0 Å². The average Bonchev–Trinajstić information content (AvgIpc) is 3.00. The summed E-state index contributed by atoms with van der Waals surface area (Å²) in [5, 5.41) is 0. The fraction of sp³-hybridized carbons (Fsp3) is 0.520. The molecule has 0 saturated heterocycles. The van der Waals surface area contributed by atoms with Gasteiger partial charge in [-0.1, -0.05) is 56.0 Å². The van der Waals surface area contributed by atoms with Gasteiger partial charge >= 0.3 is 0 Å². The summed E-state index contributed by atoms with van der Waals surface area (Å²) < 4.78 is 0. The number of rotatable bonds is 2. The molecule has 2 nitrogen and oxygen atoms in total. The van der Waals surface area contributed by atoms with Gasteiger partial charge in [-0.2, -0.15) is 0 Å². The monoisotopic (exact) mass is 392 g/mol. The molecule has 0 heterocycles. The van der Waals surface area contributed by atoms with Gasteiger partial charge in [-0.25, -0.2) is 0 Å². The molecule has 4 aliphatic carbocycles. The number of hydrogen-bond donors (Lipinski definition) is 0. The number of carbonyl (C=O) groups excluding carboxylic acids is 2. The minimum atomic E-state index is -0.116. The highest BCUT2D eigenvalue weighted by Gasteiger charge is 2.58. The van der Waals surface area contributed by atoms with Gasteiger partial charge in [0.05, 0.1) is 4.91 Å². The van der Waals surface area contributed by atoms with Crippen LogP contribution in [0.15, 0.2) is 57.9 Å². The summed E-state index contributed by atoms with van der Waals surface area (Å²) in [6.45, 7) is 4.60. The number of Topliss-reactive ketones (excluding diaryl/α,β-unsaturated/α-hetero) is 2. The predicted octanol–water partition coefficient (Wildman–Crippen LogP) is 5.98. The summed E-state index contributed by atoms with van der Waals surface area (Å²) in [4.78, 5) is 27.5. The van der Waals surface area contributed by atoms with Crippen LogP contribution in [0.3, 0.4) is 0 Å². The van der Waals surface area contributed by atoms with E-state index >= 15 is 0 Å². The van der Waals surface area contributed by atoms with Crippen molar-refractivity contribution in [2.24, 2.45) is 28.6 Å². The first kappa shape index (κ1) is 18.4. The Morgan fingerprint density at radius 2 is 1.68 bits per heavy atom. The molecule has 0 radical (unpaired) electrons. The number of carbonyl (C=O) groups is 2. The van der Waals surface area contributed by atoms with Gasteiger partial charge in [0, 0.05) is 23.2 Å². The molecule has 0 aromatic heterocycles. The lowest BCUT2D eigenvalue weighted by atomic mass is 9.49. The lowest BCUT2D eigenvalue weighted by Gasteiger charge is -2.55. The van der Waals surface area contributed by atoms with Crippen LogP contribution in [0, 0.1) is 28.6 Å². The fourth-order valence-electron chi connectivity index (χ4n) is 6.59. The summed E-state index contributed by atoms with van der Waals surface area (Å²) >= 11 is 1.64. The zero-order valence-electron chi connectivity index (χ0n) is 16.7. The number of benzene rings is 1. The van der Waals surface area contributed by atoms with E-state index in [0.29, 0.717) is 35.7 Å². The predicted molar refractivity (Wildman–Crippen MR) is 113 cm³/mol. The van der Waals surface area contributed by atoms with Crippen molar-refractivity contribution in [3.8, 4) is 0 Å². The van der Waals surface area contributed by atoms with Gasteiger partial charge < -0.3 is 0 Å². The van der Waals surface area contributed by atoms with Crippen molar-refractivity contribution in [3.63, 3.8) is 0 Å². The highest BCUT2D eigenvalue weighted by atomic mass is 32.2. The standard InChI is InChI=1S/C25H28O2S/c1-24-15-13-21(26)23(28-16-6-4-3-5-7-16)20(24)9-8-17-18-10-11-22(27)25(18,2)14-12-19(17)24/h3-9,17-19H,10-15H2,1-2H3/t17?,18?,19?,24-,25+/m1/s1. The topological polar surface area (TPSA) is 34.1 Å². The van der Waals surface area contributed by atoms with Crippen LogP contribution >= 0.6 is 11.8 Å². The molecule has 28 heavy (non-hydrogen) atoms. The van der Waals surface area contributed by atoms with E-state index in [4.69, 9.17) is 0 Å². The Labute approximate surface area is 171 Å². The van der Waals surface area contributed by atoms with Gasteiger partial charge in [0.25, 0.3) is 0 Å². The third-order valence-electron chi connectivity index (χ3n) is 8.29. The molecule has 0 bridgehead atoms. The number of ketones is 2. The third kappa shape index (κ3) is 2.55. The maximum atomic E-state index is 12.9. The number of fused-ring (bicyclic) bond motifs is 5. The molecule has 1 aromatic carbocycles. The highest BCUT2D eigenvalue weighted by Crippen LogP contribution is 2.63. The highest BCUT2D eigenvalue weighted by molar-refractivity contribution is 8.04. The molecule has 5 atom stereocenters. The zero-order valence-corrected chi connectivity index (χ0v) is 17.6. The van der Waals surface area contributed by atoms with Gasteiger partial charge in [-0.05, 0) is 66.6 Å². The van der Waals surface area contributed by atoms with Crippen LogP contribution in [0.5, 0.6) is 0 Å². The summed E-state index contributed by atoms with van der Waals surface area (Å²) in [5.41, 5.74) is 1.19. The lowest BCUT2D eigenvalue weighted by molar-refractivity contribution is -0.130. The minimum absolute atomic E-state index is 0.0530. The van der Waals surface area contributed by atoms with Crippen LogP contribution < -0.4 is 0 Å². The Hall–Kier alpha value is -1.61. The molecular weight excluding hydrogens is 364 g/mol. The van der Waals surface area contributed by atoms with Crippen molar-refractivity contribution in [1.29, 1.82) is 0 Å². The second kappa shape index (κ2) is 6.45. The number of thioether (sulfide) groups is 1. The largest absolute Gasteiger partial charge is 0.299 e. The van der Waals surface area contributed by atoms with Crippen LogP contribution in [0.1, 0.15) is 52.4 Å². The van der Waals surface area contributed by atoms with Crippen LogP contribution in [0.2, 0.25) is 0 Å². The first-order valence-corrected chi connectivity index (χ1v) is 11.5. The zero-order chi connectivity index (χ0) is 19.5. The fourth-order valence-corrected chi connectivity index (χ4v) is 7.74. The Morgan fingerprint density at radius 3 is 2.46 bits per heavy atom. The molecule has 3 heteroatoms. The SMILES string of the molecule is C[C@]12CCC(=O)C(Sc3ccccc3)=C1C=CC1C2CC[C@]2(C)C(=O)CCC12.